The molecule has 22 heavy (non-hydrogen) atoms. The van der Waals surface area contributed by atoms with E-state index in [1.54, 1.807) is 23.5 Å². The standard InChI is InChI=1S/C17H14FNO2S/c18-12-6-1-3-8-14(12)21-17(20)11-5-10-16-19-13-7-2-4-9-15(13)22-16/h1-4,6-9H,5,10-11H2. The maximum Gasteiger partial charge on any atom is 0.311 e. The number of aromatic nitrogens is 1. The van der Waals surface area contributed by atoms with E-state index >= 15 is 0 Å². The Bertz CT molecular complexity index is 767. The fourth-order valence-electron chi connectivity index (χ4n) is 2.11. The Morgan fingerprint density at radius 1 is 1.14 bits per heavy atom. The minimum absolute atomic E-state index is 0.0208. The highest BCUT2D eigenvalue weighted by molar-refractivity contribution is 7.18. The van der Waals surface area contributed by atoms with Gasteiger partial charge in [-0.1, -0.05) is 24.3 Å². The highest BCUT2D eigenvalue weighted by atomic mass is 32.1. The van der Waals surface area contributed by atoms with Gasteiger partial charge in [0.05, 0.1) is 15.2 Å². The highest BCUT2D eigenvalue weighted by Gasteiger charge is 2.10. The average molecular weight is 315 g/mol. The quantitative estimate of drug-likeness (QED) is 0.518. The Labute approximate surface area is 131 Å². The molecule has 3 rings (SSSR count). The number of carbonyl (C=O) groups is 1. The lowest BCUT2D eigenvalue weighted by Crippen LogP contribution is -2.09. The summed E-state index contributed by atoms with van der Waals surface area (Å²) in [7, 11) is 0. The first kappa shape index (κ1) is 14.7. The van der Waals surface area contributed by atoms with Crippen molar-refractivity contribution in [2.24, 2.45) is 0 Å². The summed E-state index contributed by atoms with van der Waals surface area (Å²) in [5.41, 5.74) is 0.983. The molecule has 0 saturated carbocycles. The van der Waals surface area contributed by atoms with Crippen molar-refractivity contribution in [3.8, 4) is 5.75 Å². The SMILES string of the molecule is O=C(CCCc1nc2ccccc2s1)Oc1ccccc1F. The molecule has 0 saturated heterocycles. The van der Waals surface area contributed by atoms with E-state index in [0.29, 0.717) is 12.8 Å². The second kappa shape index (κ2) is 6.66. The van der Waals surface area contributed by atoms with Crippen LogP contribution in [0.2, 0.25) is 0 Å². The van der Waals surface area contributed by atoms with Gasteiger partial charge in [-0.05, 0) is 37.1 Å². The lowest BCUT2D eigenvalue weighted by molar-refractivity contribution is -0.134. The van der Waals surface area contributed by atoms with Gasteiger partial charge in [-0.15, -0.1) is 11.3 Å². The summed E-state index contributed by atoms with van der Waals surface area (Å²) in [6, 6.07) is 13.8. The number of aryl methyl sites for hydroxylation is 1. The third kappa shape index (κ3) is 3.49. The van der Waals surface area contributed by atoms with Crippen LogP contribution in [0.3, 0.4) is 0 Å². The smallest absolute Gasteiger partial charge is 0.311 e. The van der Waals surface area contributed by atoms with Crippen molar-refractivity contribution in [2.45, 2.75) is 19.3 Å². The lowest BCUT2D eigenvalue weighted by Gasteiger charge is -2.04. The third-order valence-corrected chi connectivity index (χ3v) is 4.27. The van der Waals surface area contributed by atoms with Crippen LogP contribution in [-0.4, -0.2) is 11.0 Å². The largest absolute Gasteiger partial charge is 0.423 e. The third-order valence-electron chi connectivity index (χ3n) is 3.17. The van der Waals surface area contributed by atoms with Crippen LogP contribution in [0.5, 0.6) is 5.75 Å². The summed E-state index contributed by atoms with van der Waals surface area (Å²) in [4.78, 5) is 16.2. The van der Waals surface area contributed by atoms with Crippen LogP contribution < -0.4 is 4.74 Å². The van der Waals surface area contributed by atoms with Crippen molar-refractivity contribution >= 4 is 27.5 Å². The Morgan fingerprint density at radius 3 is 2.73 bits per heavy atom. The van der Waals surface area contributed by atoms with E-state index in [1.165, 1.54) is 12.1 Å². The van der Waals surface area contributed by atoms with E-state index < -0.39 is 11.8 Å². The summed E-state index contributed by atoms with van der Waals surface area (Å²) in [6.07, 6.45) is 1.59. The zero-order valence-electron chi connectivity index (χ0n) is 11.8. The number of rotatable bonds is 5. The van der Waals surface area contributed by atoms with Gasteiger partial charge in [0, 0.05) is 6.42 Å². The van der Waals surface area contributed by atoms with Crippen molar-refractivity contribution in [3.05, 3.63) is 59.4 Å². The number of thiazole rings is 1. The van der Waals surface area contributed by atoms with E-state index in [9.17, 15) is 9.18 Å². The average Bonchev–Trinajstić information content (AvgIpc) is 2.92. The van der Waals surface area contributed by atoms with Gasteiger partial charge < -0.3 is 4.74 Å². The summed E-state index contributed by atoms with van der Waals surface area (Å²) in [5.74, 6) is -0.972. The number of nitrogens with zero attached hydrogens (tertiary/aromatic N) is 1. The van der Waals surface area contributed by atoms with Gasteiger partial charge in [-0.3, -0.25) is 4.79 Å². The molecule has 0 aliphatic rings. The lowest BCUT2D eigenvalue weighted by atomic mass is 10.2. The monoisotopic (exact) mass is 315 g/mol. The van der Waals surface area contributed by atoms with Crippen LogP contribution in [0.15, 0.2) is 48.5 Å². The number of benzene rings is 2. The topological polar surface area (TPSA) is 39.2 Å². The summed E-state index contributed by atoms with van der Waals surface area (Å²) in [6.45, 7) is 0. The molecule has 0 N–H and O–H groups in total. The van der Waals surface area contributed by atoms with Crippen molar-refractivity contribution in [1.29, 1.82) is 0 Å². The summed E-state index contributed by atoms with van der Waals surface area (Å²) < 4.78 is 19.5. The molecule has 0 unspecified atom stereocenters. The molecule has 3 nitrogen and oxygen atoms in total. The zero-order chi connectivity index (χ0) is 15.4. The van der Waals surface area contributed by atoms with Crippen LogP contribution >= 0.6 is 11.3 Å². The van der Waals surface area contributed by atoms with E-state index in [2.05, 4.69) is 4.98 Å². The van der Waals surface area contributed by atoms with E-state index in [-0.39, 0.29) is 12.2 Å². The van der Waals surface area contributed by atoms with Gasteiger partial charge in [-0.25, -0.2) is 9.37 Å². The van der Waals surface area contributed by atoms with Crippen molar-refractivity contribution in [3.63, 3.8) is 0 Å². The van der Waals surface area contributed by atoms with Gasteiger partial charge in [0.2, 0.25) is 0 Å². The number of para-hydroxylation sites is 2. The molecule has 1 aromatic heterocycles. The maximum atomic E-state index is 13.4. The molecule has 0 spiro atoms. The molecule has 0 bridgehead atoms. The second-order valence-electron chi connectivity index (χ2n) is 4.83. The minimum atomic E-state index is -0.526. The Morgan fingerprint density at radius 2 is 1.91 bits per heavy atom. The first-order valence-electron chi connectivity index (χ1n) is 7.02. The van der Waals surface area contributed by atoms with E-state index in [1.807, 2.05) is 24.3 Å². The molecular formula is C17H14FNO2S. The number of halogens is 1. The second-order valence-corrected chi connectivity index (χ2v) is 5.95. The normalized spacial score (nSPS) is 10.8. The number of hydrogen-bond donors (Lipinski definition) is 0. The molecule has 0 radical (unpaired) electrons. The van der Waals surface area contributed by atoms with E-state index in [0.717, 1.165) is 15.2 Å². The maximum absolute atomic E-state index is 13.4. The number of carbonyl (C=O) groups excluding carboxylic acids is 1. The molecule has 0 amide bonds. The molecule has 0 aliphatic carbocycles. The van der Waals surface area contributed by atoms with Crippen LogP contribution in [0.4, 0.5) is 4.39 Å². The summed E-state index contributed by atoms with van der Waals surface area (Å²) >= 11 is 1.63. The van der Waals surface area contributed by atoms with Crippen molar-refractivity contribution in [2.75, 3.05) is 0 Å². The number of esters is 1. The van der Waals surface area contributed by atoms with Crippen molar-refractivity contribution in [1.82, 2.24) is 4.98 Å². The van der Waals surface area contributed by atoms with E-state index in [4.69, 9.17) is 4.74 Å². The number of hydrogen-bond acceptors (Lipinski definition) is 4. The Kier molecular flexibility index (Phi) is 4.44. The molecule has 3 aromatic rings. The molecule has 0 atom stereocenters. The fourth-order valence-corrected chi connectivity index (χ4v) is 3.12. The molecule has 1 heterocycles. The molecule has 112 valence electrons. The number of fused-ring (bicyclic) bond motifs is 1. The van der Waals surface area contributed by atoms with Gasteiger partial charge in [-0.2, -0.15) is 0 Å². The molecule has 2 aromatic carbocycles. The fraction of sp³-hybridized carbons (Fsp3) is 0.176. The predicted molar refractivity (Wildman–Crippen MR) is 84.6 cm³/mol. The zero-order valence-corrected chi connectivity index (χ0v) is 12.6. The van der Waals surface area contributed by atoms with Crippen molar-refractivity contribution < 1.29 is 13.9 Å². The molecule has 0 fully saturated rings. The Hall–Kier alpha value is -2.27. The van der Waals surface area contributed by atoms with Gasteiger partial charge >= 0.3 is 5.97 Å². The van der Waals surface area contributed by atoms with Gasteiger partial charge in [0.25, 0.3) is 0 Å². The minimum Gasteiger partial charge on any atom is -0.423 e. The van der Waals surface area contributed by atoms with Crippen LogP contribution in [0.1, 0.15) is 17.8 Å². The summed E-state index contributed by atoms with van der Waals surface area (Å²) in [5, 5.41) is 1.000. The predicted octanol–water partition coefficient (Wildman–Crippen LogP) is 4.36. The molecule has 5 heteroatoms. The highest BCUT2D eigenvalue weighted by Crippen LogP contribution is 2.23. The Balaban J connectivity index is 1.52. The molecular weight excluding hydrogens is 301 g/mol. The first-order valence-corrected chi connectivity index (χ1v) is 7.84. The molecule has 0 aliphatic heterocycles. The van der Waals surface area contributed by atoms with Crippen LogP contribution in [-0.2, 0) is 11.2 Å². The van der Waals surface area contributed by atoms with Crippen LogP contribution in [0, 0.1) is 5.82 Å². The van der Waals surface area contributed by atoms with Gasteiger partial charge in [0.1, 0.15) is 0 Å². The number of ether oxygens (including phenoxy) is 1. The van der Waals surface area contributed by atoms with Crippen LogP contribution in [0.25, 0.3) is 10.2 Å². The first-order chi connectivity index (χ1) is 10.7. The van der Waals surface area contributed by atoms with Gasteiger partial charge in [0.15, 0.2) is 11.6 Å².